The lowest BCUT2D eigenvalue weighted by atomic mass is 10.0. The van der Waals surface area contributed by atoms with Crippen LogP contribution in [0.3, 0.4) is 0 Å². The van der Waals surface area contributed by atoms with Crippen molar-refractivity contribution in [3.8, 4) is 0 Å². The van der Waals surface area contributed by atoms with Crippen LogP contribution >= 0.6 is 0 Å². The fourth-order valence-electron chi connectivity index (χ4n) is 4.44. The van der Waals surface area contributed by atoms with Crippen LogP contribution < -0.4 is 10.9 Å². The number of carbonyl (C=O) groups excluding carboxylic acids is 1. The summed E-state index contributed by atoms with van der Waals surface area (Å²) in [4.78, 5) is 28.6. The van der Waals surface area contributed by atoms with Crippen molar-refractivity contribution in [1.82, 2.24) is 14.6 Å². The molecule has 0 bridgehead atoms. The number of nitrogens with one attached hydrogen (secondary N) is 2. The summed E-state index contributed by atoms with van der Waals surface area (Å²) in [6, 6.07) is 15.2. The quantitative estimate of drug-likeness (QED) is 0.514. The smallest absolute Gasteiger partial charge is 0.252 e. The van der Waals surface area contributed by atoms with Gasteiger partial charge in [0.25, 0.3) is 5.91 Å². The van der Waals surface area contributed by atoms with E-state index < -0.39 is 11.4 Å². The van der Waals surface area contributed by atoms with E-state index in [2.05, 4.69) is 45.8 Å². The minimum atomic E-state index is -1.31. The van der Waals surface area contributed by atoms with Crippen LogP contribution in [0.4, 0.5) is 0 Å². The van der Waals surface area contributed by atoms with E-state index in [-0.39, 0.29) is 11.5 Å². The van der Waals surface area contributed by atoms with Gasteiger partial charge in [0.05, 0.1) is 23.0 Å². The summed E-state index contributed by atoms with van der Waals surface area (Å²) in [7, 11) is 0. The number of pyridine rings is 1. The van der Waals surface area contributed by atoms with Gasteiger partial charge in [-0.05, 0) is 50.3 Å². The maximum Gasteiger partial charge on any atom is 0.252 e. The van der Waals surface area contributed by atoms with Gasteiger partial charge in [0.15, 0.2) is 4.90 Å². The first-order valence-corrected chi connectivity index (χ1v) is 12.8. The fraction of sp³-hybridized carbons (Fsp3) is 0.385. The van der Waals surface area contributed by atoms with Gasteiger partial charge in [-0.2, -0.15) is 0 Å². The normalized spacial score (nSPS) is 17.7. The molecule has 2 N–H and O–H groups in total. The molecule has 1 amide bonds. The van der Waals surface area contributed by atoms with Crippen molar-refractivity contribution in [2.45, 2.75) is 56.9 Å². The molecular weight excluding hydrogens is 434 g/mol. The van der Waals surface area contributed by atoms with E-state index in [1.54, 1.807) is 18.2 Å². The summed E-state index contributed by atoms with van der Waals surface area (Å²) in [6.07, 6.45) is 4.92. The van der Waals surface area contributed by atoms with Crippen molar-refractivity contribution in [2.24, 2.45) is 0 Å². The lowest BCUT2D eigenvalue weighted by Gasteiger charge is -2.34. The zero-order valence-corrected chi connectivity index (χ0v) is 20.0. The first kappa shape index (κ1) is 23.5. The van der Waals surface area contributed by atoms with Crippen LogP contribution in [-0.4, -0.2) is 38.9 Å². The summed E-state index contributed by atoms with van der Waals surface area (Å²) < 4.78 is 15.4. The first-order valence-electron chi connectivity index (χ1n) is 11.7. The van der Waals surface area contributed by atoms with Gasteiger partial charge in [0, 0.05) is 36.1 Å². The molecule has 2 aromatic carbocycles. The number of amides is 1. The number of nitrogens with zero attached hydrogens (tertiary/aromatic N) is 1. The third-order valence-corrected chi connectivity index (χ3v) is 7.90. The summed E-state index contributed by atoms with van der Waals surface area (Å²) in [5.41, 5.74) is 2.88. The molecule has 33 heavy (non-hydrogen) atoms. The molecule has 0 radical (unpaired) electrons. The summed E-state index contributed by atoms with van der Waals surface area (Å²) in [6.45, 7) is 5.44. The number of carbonyl (C=O) groups is 1. The Bertz CT molecular complexity index is 1180. The zero-order valence-electron chi connectivity index (χ0n) is 19.2. The van der Waals surface area contributed by atoms with E-state index in [9.17, 15) is 14.1 Å². The van der Waals surface area contributed by atoms with Gasteiger partial charge >= 0.3 is 0 Å². The Balaban J connectivity index is 1.56. The largest absolute Gasteiger partial charge is 0.593 e. The Morgan fingerprint density at radius 3 is 2.73 bits per heavy atom. The topological polar surface area (TPSA) is 88.3 Å². The van der Waals surface area contributed by atoms with Crippen LogP contribution in [0, 0.1) is 6.92 Å². The van der Waals surface area contributed by atoms with E-state index in [1.165, 1.54) is 11.6 Å². The van der Waals surface area contributed by atoms with Crippen molar-refractivity contribution in [3.05, 3.63) is 75.6 Å². The number of benzene rings is 2. The molecular formula is C26H31N3O3S. The summed E-state index contributed by atoms with van der Waals surface area (Å²) >= 11 is -1.31. The highest BCUT2D eigenvalue weighted by Crippen LogP contribution is 2.29. The number of hydrogen-bond donors (Lipinski definition) is 2. The highest BCUT2D eigenvalue weighted by molar-refractivity contribution is 7.89. The molecule has 2 unspecified atom stereocenters. The molecule has 1 aliphatic rings. The van der Waals surface area contributed by atoms with Crippen LogP contribution in [0.2, 0.25) is 0 Å². The van der Waals surface area contributed by atoms with Crippen molar-refractivity contribution >= 4 is 28.2 Å². The minimum Gasteiger partial charge on any atom is -0.593 e. The number of aromatic amines is 1. The van der Waals surface area contributed by atoms with Crippen LogP contribution in [0.1, 0.15) is 54.1 Å². The Hall–Kier alpha value is -2.61. The highest BCUT2D eigenvalue weighted by Gasteiger charge is 2.32. The Morgan fingerprint density at radius 2 is 1.97 bits per heavy atom. The molecule has 1 fully saturated rings. The SMILES string of the molecule is CCC1CCCCN1[S+]([O-])c1ccc2[nH]c(=O)cc(C(=O)NCCc3ccc(C)cc3)c2c1. The molecule has 0 spiro atoms. The van der Waals surface area contributed by atoms with Gasteiger partial charge in [-0.15, -0.1) is 4.31 Å². The molecule has 2 atom stereocenters. The van der Waals surface area contributed by atoms with Crippen molar-refractivity contribution in [3.63, 3.8) is 0 Å². The zero-order chi connectivity index (χ0) is 23.4. The van der Waals surface area contributed by atoms with Crippen LogP contribution in [0.5, 0.6) is 0 Å². The average molecular weight is 466 g/mol. The van der Waals surface area contributed by atoms with Gasteiger partial charge in [0.1, 0.15) is 0 Å². The van der Waals surface area contributed by atoms with Gasteiger partial charge in [-0.3, -0.25) is 9.59 Å². The Labute approximate surface area is 197 Å². The predicted octanol–water partition coefficient (Wildman–Crippen LogP) is 4.10. The first-order chi connectivity index (χ1) is 16.0. The van der Waals surface area contributed by atoms with E-state index in [0.29, 0.717) is 40.4 Å². The maximum atomic E-state index is 13.4. The van der Waals surface area contributed by atoms with Gasteiger partial charge < -0.3 is 14.9 Å². The number of fused-ring (bicyclic) bond motifs is 1. The predicted molar refractivity (Wildman–Crippen MR) is 133 cm³/mol. The third kappa shape index (κ3) is 5.49. The molecule has 0 saturated carbocycles. The third-order valence-electron chi connectivity index (χ3n) is 6.34. The van der Waals surface area contributed by atoms with E-state index >= 15 is 0 Å². The van der Waals surface area contributed by atoms with Crippen LogP contribution in [0.15, 0.2) is 58.2 Å². The second-order valence-electron chi connectivity index (χ2n) is 8.69. The van der Waals surface area contributed by atoms with E-state index in [1.807, 2.05) is 6.92 Å². The average Bonchev–Trinajstić information content (AvgIpc) is 2.83. The minimum absolute atomic E-state index is 0.300. The molecule has 7 heteroatoms. The lowest BCUT2D eigenvalue weighted by molar-refractivity contribution is 0.0955. The maximum absolute atomic E-state index is 13.4. The molecule has 0 aliphatic carbocycles. The second kappa shape index (κ2) is 10.5. The lowest BCUT2D eigenvalue weighted by Crippen LogP contribution is -2.43. The van der Waals surface area contributed by atoms with Gasteiger partial charge in [-0.25, -0.2) is 0 Å². The Morgan fingerprint density at radius 1 is 1.18 bits per heavy atom. The summed E-state index contributed by atoms with van der Waals surface area (Å²) in [5, 5.41) is 3.54. The Kier molecular flexibility index (Phi) is 7.53. The van der Waals surface area contributed by atoms with E-state index in [4.69, 9.17) is 0 Å². The number of hydrogen-bond acceptors (Lipinski definition) is 4. The number of aromatic nitrogens is 1. The van der Waals surface area contributed by atoms with Crippen LogP contribution in [0.25, 0.3) is 10.9 Å². The van der Waals surface area contributed by atoms with Crippen molar-refractivity contribution in [2.75, 3.05) is 13.1 Å². The van der Waals surface area contributed by atoms with Crippen LogP contribution in [-0.2, 0) is 17.8 Å². The molecule has 2 heterocycles. The molecule has 1 aromatic heterocycles. The highest BCUT2D eigenvalue weighted by atomic mass is 32.2. The van der Waals surface area contributed by atoms with Gasteiger partial charge in [-0.1, -0.05) is 43.2 Å². The van der Waals surface area contributed by atoms with Crippen molar-refractivity contribution < 1.29 is 9.35 Å². The van der Waals surface area contributed by atoms with E-state index in [0.717, 1.165) is 37.8 Å². The molecule has 1 saturated heterocycles. The number of H-pyrrole nitrogens is 1. The van der Waals surface area contributed by atoms with Gasteiger partial charge in [0.2, 0.25) is 5.56 Å². The second-order valence-corrected chi connectivity index (χ2v) is 10.1. The number of rotatable bonds is 7. The molecule has 6 nitrogen and oxygen atoms in total. The fourth-order valence-corrected chi connectivity index (χ4v) is 5.93. The molecule has 3 aromatic rings. The molecule has 1 aliphatic heterocycles. The molecule has 174 valence electrons. The number of piperidine rings is 1. The standard InChI is InChI=1S/C26H31N3O3S/c1-3-20-6-4-5-15-29(20)33(32)21-11-12-24-22(16-21)23(17-25(30)28-24)26(31)27-14-13-19-9-7-18(2)8-10-19/h7-12,16-17,20H,3-6,13-15H2,1-2H3,(H,27,31)(H,28,30). The monoisotopic (exact) mass is 465 g/mol. The van der Waals surface area contributed by atoms with Crippen molar-refractivity contribution in [1.29, 1.82) is 0 Å². The number of aryl methyl sites for hydroxylation is 1. The summed E-state index contributed by atoms with van der Waals surface area (Å²) in [5.74, 6) is -0.300. The molecule has 4 rings (SSSR count).